The summed E-state index contributed by atoms with van der Waals surface area (Å²) in [5.74, 6) is -1.45. The van der Waals surface area contributed by atoms with Crippen molar-refractivity contribution in [2.45, 2.75) is 70.6 Å². The van der Waals surface area contributed by atoms with Gasteiger partial charge in [-0.25, -0.2) is 0 Å². The summed E-state index contributed by atoms with van der Waals surface area (Å²) < 4.78 is 5.51. The van der Waals surface area contributed by atoms with E-state index in [1.54, 1.807) is 43.9 Å². The summed E-state index contributed by atoms with van der Waals surface area (Å²) in [4.78, 5) is 40.2. The van der Waals surface area contributed by atoms with Crippen molar-refractivity contribution in [3.63, 3.8) is 0 Å². The number of amides is 1. The maximum absolute atomic E-state index is 13.8. The number of likely N-dealkylation sites (tertiary alicyclic amines) is 1. The van der Waals surface area contributed by atoms with E-state index in [9.17, 15) is 14.4 Å². The zero-order chi connectivity index (χ0) is 25.0. The molecular weight excluding hydrogens is 473 g/mol. The van der Waals surface area contributed by atoms with Gasteiger partial charge in [0.05, 0.1) is 18.5 Å². The van der Waals surface area contributed by atoms with Crippen molar-refractivity contribution in [3.8, 4) is 0 Å². The molecule has 3 rings (SSSR count). The summed E-state index contributed by atoms with van der Waals surface area (Å²) in [5.41, 5.74) is 1.17. The second-order valence-corrected chi connectivity index (χ2v) is 10.6. The highest BCUT2D eigenvalue weighted by Gasteiger charge is 2.46. The standard InChI is InChI=1S/C27H31Cl2NO4/c1-5-22(16-31)30-25(17-9-11-20(28)12-10-17)23(18-7-6-8-21(29)13-18)14-19(26(30)33)15-24(32)34-27(2,3)4/h6-13,16,19,22-23,25H,5,14-15H2,1-4H3/t19-,22+,23?,25-/m1/s1. The molecule has 182 valence electrons. The van der Waals surface area contributed by atoms with Crippen molar-refractivity contribution in [2.24, 2.45) is 5.92 Å². The van der Waals surface area contributed by atoms with Gasteiger partial charge in [-0.1, -0.05) is 54.4 Å². The average molecular weight is 504 g/mol. The zero-order valence-electron chi connectivity index (χ0n) is 20.0. The number of hydrogen-bond donors (Lipinski definition) is 0. The Morgan fingerprint density at radius 3 is 2.35 bits per heavy atom. The van der Waals surface area contributed by atoms with Gasteiger partial charge in [-0.3, -0.25) is 9.59 Å². The molecule has 4 atom stereocenters. The number of nitrogens with zero attached hydrogens (tertiary/aromatic N) is 1. The third-order valence-electron chi connectivity index (χ3n) is 6.08. The van der Waals surface area contributed by atoms with E-state index in [1.165, 1.54) is 0 Å². The van der Waals surface area contributed by atoms with Gasteiger partial charge in [0.1, 0.15) is 11.9 Å². The van der Waals surface area contributed by atoms with Crippen LogP contribution in [0.1, 0.15) is 70.0 Å². The molecule has 0 bridgehead atoms. The largest absolute Gasteiger partial charge is 0.460 e. The minimum Gasteiger partial charge on any atom is -0.460 e. The molecule has 0 saturated carbocycles. The Kier molecular flexibility index (Phi) is 8.43. The minimum atomic E-state index is -0.651. The van der Waals surface area contributed by atoms with Gasteiger partial charge in [-0.15, -0.1) is 0 Å². The maximum atomic E-state index is 13.8. The zero-order valence-corrected chi connectivity index (χ0v) is 21.5. The van der Waals surface area contributed by atoms with E-state index in [0.717, 1.165) is 17.4 Å². The lowest BCUT2D eigenvalue weighted by Crippen LogP contribution is -2.52. The van der Waals surface area contributed by atoms with Crippen LogP contribution in [0.2, 0.25) is 10.0 Å². The Hall–Kier alpha value is -2.37. The highest BCUT2D eigenvalue weighted by molar-refractivity contribution is 6.30. The fourth-order valence-electron chi connectivity index (χ4n) is 4.67. The van der Waals surface area contributed by atoms with Crippen molar-refractivity contribution < 1.29 is 19.1 Å². The molecule has 7 heteroatoms. The number of rotatable bonds is 7. The Balaban J connectivity index is 2.10. The molecule has 2 aromatic rings. The van der Waals surface area contributed by atoms with Crippen LogP contribution in [0.4, 0.5) is 0 Å². The summed E-state index contributed by atoms with van der Waals surface area (Å²) in [5, 5.41) is 1.17. The number of carbonyl (C=O) groups is 3. The molecule has 1 amide bonds. The predicted octanol–water partition coefficient (Wildman–Crippen LogP) is 6.38. The lowest BCUT2D eigenvalue weighted by molar-refractivity contribution is -0.162. The molecule has 1 aliphatic heterocycles. The third kappa shape index (κ3) is 6.19. The van der Waals surface area contributed by atoms with Gasteiger partial charge >= 0.3 is 5.97 Å². The number of esters is 1. The van der Waals surface area contributed by atoms with Crippen molar-refractivity contribution >= 4 is 41.4 Å². The first-order chi connectivity index (χ1) is 16.0. The van der Waals surface area contributed by atoms with Gasteiger partial charge in [0.2, 0.25) is 5.91 Å². The van der Waals surface area contributed by atoms with Crippen LogP contribution < -0.4 is 0 Å². The van der Waals surface area contributed by atoms with Gasteiger partial charge in [0, 0.05) is 21.9 Å². The second-order valence-electron chi connectivity index (χ2n) is 9.74. The van der Waals surface area contributed by atoms with Crippen molar-refractivity contribution in [3.05, 3.63) is 69.7 Å². The van der Waals surface area contributed by atoms with Crippen LogP contribution in [0.25, 0.3) is 0 Å². The van der Waals surface area contributed by atoms with E-state index in [0.29, 0.717) is 22.9 Å². The molecule has 1 aliphatic rings. The van der Waals surface area contributed by atoms with E-state index in [-0.39, 0.29) is 18.2 Å². The minimum absolute atomic E-state index is 0.0493. The van der Waals surface area contributed by atoms with Gasteiger partial charge in [-0.05, 0) is 69.0 Å². The van der Waals surface area contributed by atoms with Crippen LogP contribution in [0.3, 0.4) is 0 Å². The van der Waals surface area contributed by atoms with Crippen LogP contribution in [0.5, 0.6) is 0 Å². The van der Waals surface area contributed by atoms with Crippen LogP contribution >= 0.6 is 23.2 Å². The summed E-state index contributed by atoms with van der Waals surface area (Å²) >= 11 is 12.5. The fourth-order valence-corrected chi connectivity index (χ4v) is 4.99. The summed E-state index contributed by atoms with van der Waals surface area (Å²) in [6, 6.07) is 13.8. The van der Waals surface area contributed by atoms with Gasteiger partial charge < -0.3 is 14.4 Å². The van der Waals surface area contributed by atoms with Crippen LogP contribution in [0, 0.1) is 5.92 Å². The lowest BCUT2D eigenvalue weighted by Gasteiger charge is -2.47. The van der Waals surface area contributed by atoms with Crippen LogP contribution in [0.15, 0.2) is 48.5 Å². The van der Waals surface area contributed by atoms with E-state index in [4.69, 9.17) is 27.9 Å². The van der Waals surface area contributed by atoms with Gasteiger partial charge in [-0.2, -0.15) is 0 Å². The first-order valence-corrected chi connectivity index (χ1v) is 12.3. The summed E-state index contributed by atoms with van der Waals surface area (Å²) in [6.07, 6.45) is 1.65. The molecule has 2 aromatic carbocycles. The average Bonchev–Trinajstić information content (AvgIpc) is 2.76. The van der Waals surface area contributed by atoms with E-state index in [2.05, 4.69) is 0 Å². The molecule has 0 radical (unpaired) electrons. The number of hydrogen-bond acceptors (Lipinski definition) is 4. The van der Waals surface area contributed by atoms with E-state index in [1.807, 2.05) is 37.3 Å². The highest BCUT2D eigenvalue weighted by Crippen LogP contribution is 2.47. The Bertz CT molecular complexity index is 1030. The SMILES string of the molecule is CC[C@@H](C=O)N1C(=O)[C@@H](CC(=O)OC(C)(C)C)CC(c2cccc(Cl)c2)[C@H]1c1ccc(Cl)cc1. The smallest absolute Gasteiger partial charge is 0.307 e. The quantitative estimate of drug-likeness (QED) is 0.325. The van der Waals surface area contributed by atoms with Crippen LogP contribution in [-0.4, -0.2) is 34.7 Å². The van der Waals surface area contributed by atoms with Gasteiger partial charge in [0.25, 0.3) is 0 Å². The first-order valence-electron chi connectivity index (χ1n) is 11.5. The number of ether oxygens (including phenoxy) is 1. The molecular formula is C27H31Cl2NO4. The number of piperidine rings is 1. The van der Waals surface area contributed by atoms with Crippen molar-refractivity contribution in [2.75, 3.05) is 0 Å². The summed E-state index contributed by atoms with van der Waals surface area (Å²) in [7, 11) is 0. The number of aldehydes is 1. The third-order valence-corrected chi connectivity index (χ3v) is 6.56. The van der Waals surface area contributed by atoms with Crippen molar-refractivity contribution in [1.82, 2.24) is 4.90 Å². The first kappa shape index (κ1) is 26.2. The Labute approximate surface area is 211 Å². The Morgan fingerprint density at radius 2 is 1.79 bits per heavy atom. The molecule has 1 saturated heterocycles. The maximum Gasteiger partial charge on any atom is 0.307 e. The topological polar surface area (TPSA) is 63.7 Å². The molecule has 0 N–H and O–H groups in total. The Morgan fingerprint density at radius 1 is 1.12 bits per heavy atom. The monoisotopic (exact) mass is 503 g/mol. The molecule has 0 aromatic heterocycles. The van der Waals surface area contributed by atoms with Crippen molar-refractivity contribution in [1.29, 1.82) is 0 Å². The molecule has 1 heterocycles. The lowest BCUT2D eigenvalue weighted by atomic mass is 9.74. The molecule has 5 nitrogen and oxygen atoms in total. The van der Waals surface area contributed by atoms with E-state index < -0.39 is 29.6 Å². The molecule has 1 fully saturated rings. The predicted molar refractivity (Wildman–Crippen MR) is 134 cm³/mol. The molecule has 34 heavy (non-hydrogen) atoms. The highest BCUT2D eigenvalue weighted by atomic mass is 35.5. The summed E-state index contributed by atoms with van der Waals surface area (Å²) in [6.45, 7) is 7.26. The molecule has 0 aliphatic carbocycles. The molecule has 1 unspecified atom stereocenters. The molecule has 0 spiro atoms. The van der Waals surface area contributed by atoms with E-state index >= 15 is 0 Å². The van der Waals surface area contributed by atoms with Gasteiger partial charge in [0.15, 0.2) is 0 Å². The number of benzene rings is 2. The normalized spacial score (nSPS) is 21.8. The number of carbonyl (C=O) groups excluding carboxylic acids is 3. The fraction of sp³-hybridized carbons (Fsp3) is 0.444. The van der Waals surface area contributed by atoms with Crippen LogP contribution in [-0.2, 0) is 19.1 Å². The number of halogens is 2. The second kappa shape index (κ2) is 10.9.